The van der Waals surface area contributed by atoms with Gasteiger partial charge < -0.3 is 14.7 Å². The molecule has 0 spiro atoms. The van der Waals surface area contributed by atoms with Crippen molar-refractivity contribution < 1.29 is 19.4 Å². The van der Waals surface area contributed by atoms with Gasteiger partial charge in [-0.2, -0.15) is 0 Å². The quantitative estimate of drug-likeness (QED) is 0.928. The zero-order chi connectivity index (χ0) is 17.2. The van der Waals surface area contributed by atoms with Gasteiger partial charge >= 0.3 is 12.1 Å². The molecular weight excluding hydrogens is 294 g/mol. The first-order valence-corrected chi connectivity index (χ1v) is 8.01. The van der Waals surface area contributed by atoms with Crippen LogP contribution >= 0.6 is 0 Å². The van der Waals surface area contributed by atoms with Crippen LogP contribution in [0.15, 0.2) is 24.3 Å². The molecule has 1 heterocycles. The number of hydrogen-bond donors (Lipinski definition) is 1. The van der Waals surface area contributed by atoms with E-state index in [0.29, 0.717) is 6.54 Å². The number of carboxylic acids is 1. The third-order valence-corrected chi connectivity index (χ3v) is 4.08. The van der Waals surface area contributed by atoms with Crippen molar-refractivity contribution in [3.05, 3.63) is 35.4 Å². The van der Waals surface area contributed by atoms with E-state index in [1.807, 2.05) is 24.3 Å². The summed E-state index contributed by atoms with van der Waals surface area (Å²) in [6.45, 7) is 8.04. The van der Waals surface area contributed by atoms with Crippen molar-refractivity contribution in [1.29, 1.82) is 0 Å². The molecule has 126 valence electrons. The van der Waals surface area contributed by atoms with E-state index in [2.05, 4.69) is 6.92 Å². The predicted octanol–water partition coefficient (Wildman–Crippen LogP) is 3.28. The highest BCUT2D eigenvalue weighted by Crippen LogP contribution is 2.34. The van der Waals surface area contributed by atoms with Gasteiger partial charge in [-0.15, -0.1) is 0 Å². The number of amides is 1. The van der Waals surface area contributed by atoms with Gasteiger partial charge in [-0.25, -0.2) is 4.79 Å². The molecule has 1 fully saturated rings. The second-order valence-corrected chi connectivity index (χ2v) is 7.04. The topological polar surface area (TPSA) is 66.8 Å². The number of likely N-dealkylation sites (tertiary alicyclic amines) is 1. The summed E-state index contributed by atoms with van der Waals surface area (Å²) >= 11 is 0. The first kappa shape index (κ1) is 17.3. The molecule has 0 bridgehead atoms. The summed E-state index contributed by atoms with van der Waals surface area (Å²) in [6.07, 6.45) is 0.451. The second-order valence-electron chi connectivity index (χ2n) is 7.04. The number of hydrogen-bond acceptors (Lipinski definition) is 3. The van der Waals surface area contributed by atoms with Crippen molar-refractivity contribution in [2.75, 3.05) is 13.1 Å². The Labute approximate surface area is 137 Å². The van der Waals surface area contributed by atoms with Gasteiger partial charge in [0.15, 0.2) is 0 Å². The minimum Gasteiger partial charge on any atom is -0.481 e. The molecule has 2 rings (SSSR count). The van der Waals surface area contributed by atoms with Gasteiger partial charge in [0.25, 0.3) is 0 Å². The van der Waals surface area contributed by atoms with Crippen molar-refractivity contribution in [2.24, 2.45) is 5.92 Å². The summed E-state index contributed by atoms with van der Waals surface area (Å²) in [5.41, 5.74) is 1.56. The first-order chi connectivity index (χ1) is 10.7. The molecule has 1 aromatic carbocycles. The molecule has 23 heavy (non-hydrogen) atoms. The maximum Gasteiger partial charge on any atom is 0.410 e. The standard InChI is InChI=1S/C18H25NO4/c1-5-12-7-6-8-13(9-12)14-10-19(11-15(14)16(20)21)17(22)23-18(2,3)4/h6-9,14-15H,5,10-11H2,1-4H3,(H,20,21). The number of aliphatic carboxylic acids is 1. The molecule has 2 atom stereocenters. The molecule has 1 aliphatic rings. The van der Waals surface area contributed by atoms with Crippen LogP contribution in [-0.2, 0) is 16.0 Å². The molecular formula is C18H25NO4. The molecule has 5 heteroatoms. The van der Waals surface area contributed by atoms with Crippen LogP contribution in [0.1, 0.15) is 44.7 Å². The Morgan fingerprint density at radius 3 is 2.57 bits per heavy atom. The van der Waals surface area contributed by atoms with E-state index in [1.54, 1.807) is 20.8 Å². The normalized spacial score (nSPS) is 21.3. The lowest BCUT2D eigenvalue weighted by atomic mass is 9.88. The first-order valence-electron chi connectivity index (χ1n) is 8.01. The highest BCUT2D eigenvalue weighted by atomic mass is 16.6. The molecule has 5 nitrogen and oxygen atoms in total. The molecule has 0 saturated carbocycles. The Kier molecular flexibility index (Phi) is 4.97. The average Bonchev–Trinajstić information content (AvgIpc) is 2.91. The fourth-order valence-electron chi connectivity index (χ4n) is 2.91. The van der Waals surface area contributed by atoms with Gasteiger partial charge in [0.1, 0.15) is 5.60 Å². The van der Waals surface area contributed by atoms with E-state index in [1.165, 1.54) is 10.5 Å². The number of carbonyl (C=O) groups is 2. The zero-order valence-corrected chi connectivity index (χ0v) is 14.2. The minimum absolute atomic E-state index is 0.186. The minimum atomic E-state index is -0.872. The fourth-order valence-corrected chi connectivity index (χ4v) is 2.91. The Morgan fingerprint density at radius 2 is 2.00 bits per heavy atom. The monoisotopic (exact) mass is 319 g/mol. The van der Waals surface area contributed by atoms with Crippen LogP contribution in [0, 0.1) is 5.92 Å². The van der Waals surface area contributed by atoms with Crippen LogP contribution in [0.2, 0.25) is 0 Å². The number of nitrogens with zero attached hydrogens (tertiary/aromatic N) is 1. The van der Waals surface area contributed by atoms with Gasteiger partial charge in [0, 0.05) is 19.0 Å². The van der Waals surface area contributed by atoms with Crippen molar-refractivity contribution in [1.82, 2.24) is 4.90 Å². The number of benzene rings is 1. The number of carbonyl (C=O) groups excluding carboxylic acids is 1. The maximum absolute atomic E-state index is 12.2. The van der Waals surface area contributed by atoms with Gasteiger partial charge in [-0.1, -0.05) is 31.2 Å². The molecule has 2 unspecified atom stereocenters. The molecule has 1 saturated heterocycles. The van der Waals surface area contributed by atoms with Crippen LogP contribution in [0.4, 0.5) is 4.79 Å². The number of carboxylic acid groups (broad SMARTS) is 1. The zero-order valence-electron chi connectivity index (χ0n) is 14.2. The Morgan fingerprint density at radius 1 is 1.30 bits per heavy atom. The SMILES string of the molecule is CCc1cccc(C2CN(C(=O)OC(C)(C)C)CC2C(=O)O)c1. The van der Waals surface area contributed by atoms with Crippen molar-refractivity contribution in [3.63, 3.8) is 0 Å². The fraction of sp³-hybridized carbons (Fsp3) is 0.556. The van der Waals surface area contributed by atoms with E-state index < -0.39 is 23.6 Å². The second kappa shape index (κ2) is 6.60. The van der Waals surface area contributed by atoms with E-state index in [-0.39, 0.29) is 12.5 Å². The lowest BCUT2D eigenvalue weighted by Crippen LogP contribution is -2.35. The maximum atomic E-state index is 12.2. The largest absolute Gasteiger partial charge is 0.481 e. The summed E-state index contributed by atoms with van der Waals surface area (Å²) in [5.74, 6) is -1.68. The molecule has 0 radical (unpaired) electrons. The van der Waals surface area contributed by atoms with Gasteiger partial charge in [-0.05, 0) is 38.3 Å². The van der Waals surface area contributed by atoms with Crippen molar-refractivity contribution in [3.8, 4) is 0 Å². The van der Waals surface area contributed by atoms with E-state index in [0.717, 1.165) is 12.0 Å². The Bertz CT molecular complexity index is 591. The number of rotatable bonds is 3. The van der Waals surface area contributed by atoms with Crippen LogP contribution < -0.4 is 0 Å². The average molecular weight is 319 g/mol. The molecule has 1 aliphatic heterocycles. The van der Waals surface area contributed by atoms with Crippen molar-refractivity contribution in [2.45, 2.75) is 45.6 Å². The lowest BCUT2D eigenvalue weighted by molar-refractivity contribution is -0.141. The molecule has 1 aromatic rings. The molecule has 0 aromatic heterocycles. The summed E-state index contributed by atoms with van der Waals surface area (Å²) < 4.78 is 5.37. The number of aryl methyl sites for hydroxylation is 1. The van der Waals surface area contributed by atoms with Crippen LogP contribution in [0.25, 0.3) is 0 Å². The Hall–Kier alpha value is -2.04. The van der Waals surface area contributed by atoms with Crippen LogP contribution in [-0.4, -0.2) is 40.8 Å². The summed E-state index contributed by atoms with van der Waals surface area (Å²) in [5, 5.41) is 9.52. The summed E-state index contributed by atoms with van der Waals surface area (Å²) in [4.78, 5) is 25.4. The predicted molar refractivity (Wildman–Crippen MR) is 87.5 cm³/mol. The smallest absolute Gasteiger partial charge is 0.410 e. The van der Waals surface area contributed by atoms with Gasteiger partial charge in [0.2, 0.25) is 0 Å². The highest BCUT2D eigenvalue weighted by molar-refractivity contribution is 5.76. The van der Waals surface area contributed by atoms with Crippen LogP contribution in [0.5, 0.6) is 0 Å². The van der Waals surface area contributed by atoms with Crippen molar-refractivity contribution >= 4 is 12.1 Å². The van der Waals surface area contributed by atoms with Gasteiger partial charge in [0.05, 0.1) is 5.92 Å². The molecule has 1 N–H and O–H groups in total. The third kappa shape index (κ3) is 4.24. The molecule has 0 aliphatic carbocycles. The van der Waals surface area contributed by atoms with Gasteiger partial charge in [-0.3, -0.25) is 4.79 Å². The van der Waals surface area contributed by atoms with Crippen LogP contribution in [0.3, 0.4) is 0 Å². The summed E-state index contributed by atoms with van der Waals surface area (Å²) in [7, 11) is 0. The number of ether oxygens (including phenoxy) is 1. The summed E-state index contributed by atoms with van der Waals surface area (Å²) in [6, 6.07) is 7.96. The molecule has 1 amide bonds. The Balaban J connectivity index is 2.21. The van der Waals surface area contributed by atoms with E-state index in [4.69, 9.17) is 4.74 Å². The van der Waals surface area contributed by atoms with E-state index in [9.17, 15) is 14.7 Å². The third-order valence-electron chi connectivity index (χ3n) is 4.08. The highest BCUT2D eigenvalue weighted by Gasteiger charge is 2.41. The van der Waals surface area contributed by atoms with E-state index >= 15 is 0 Å². The lowest BCUT2D eigenvalue weighted by Gasteiger charge is -2.24.